The number of likely N-dealkylation sites (N-methyl/N-ethyl adjacent to an activating group) is 1. The van der Waals surface area contributed by atoms with Gasteiger partial charge < -0.3 is 10.6 Å². The molecule has 0 aromatic heterocycles. The number of hydrogen-bond donors (Lipinski definition) is 1. The van der Waals surface area contributed by atoms with Gasteiger partial charge >= 0.3 is 6.18 Å². The van der Waals surface area contributed by atoms with E-state index in [1.165, 1.54) is 18.2 Å². The SMILES string of the molecule is CN(CCS(C)(=O)=O)CC(N)c1ccccc1C(F)(F)F. The number of halogens is 3. The normalized spacial score (nSPS) is 14.4. The Morgan fingerprint density at radius 2 is 1.86 bits per heavy atom. The molecular weight excluding hydrogens is 305 g/mol. The molecule has 1 aromatic rings. The molecule has 0 saturated heterocycles. The predicted octanol–water partition coefficient (Wildman–Crippen LogP) is 1.68. The predicted molar refractivity (Wildman–Crippen MR) is 75.6 cm³/mol. The molecule has 1 unspecified atom stereocenters. The van der Waals surface area contributed by atoms with Gasteiger partial charge in [0.05, 0.1) is 11.3 Å². The first-order valence-corrected chi connectivity index (χ1v) is 8.34. The topological polar surface area (TPSA) is 63.4 Å². The fourth-order valence-electron chi connectivity index (χ4n) is 1.93. The van der Waals surface area contributed by atoms with Gasteiger partial charge in [-0.3, -0.25) is 0 Å². The Bertz CT molecular complexity index is 573. The molecule has 0 aliphatic heterocycles. The second-order valence-corrected chi connectivity index (χ2v) is 7.34. The van der Waals surface area contributed by atoms with Crippen LogP contribution in [0.5, 0.6) is 0 Å². The quantitative estimate of drug-likeness (QED) is 0.865. The standard InChI is InChI=1S/C13H19F3N2O2S/c1-18(7-8-21(2,19)20)9-12(17)10-5-3-4-6-11(10)13(14,15)16/h3-6,12H,7-9,17H2,1-2H3. The second kappa shape index (κ2) is 6.76. The molecule has 2 N–H and O–H groups in total. The van der Waals surface area contributed by atoms with Crippen LogP contribution >= 0.6 is 0 Å². The molecule has 0 aliphatic rings. The maximum absolute atomic E-state index is 12.9. The minimum Gasteiger partial charge on any atom is -0.323 e. The molecule has 8 heteroatoms. The third kappa shape index (κ3) is 6.03. The fourth-order valence-corrected chi connectivity index (χ4v) is 2.57. The van der Waals surface area contributed by atoms with Crippen LogP contribution in [0.3, 0.4) is 0 Å². The van der Waals surface area contributed by atoms with Crippen LogP contribution in [0.4, 0.5) is 13.2 Å². The van der Waals surface area contributed by atoms with Gasteiger partial charge in [-0.15, -0.1) is 0 Å². The summed E-state index contributed by atoms with van der Waals surface area (Å²) in [5, 5.41) is 0. The molecule has 0 amide bonds. The Hall–Kier alpha value is -1.12. The summed E-state index contributed by atoms with van der Waals surface area (Å²) in [6, 6.07) is 4.31. The summed E-state index contributed by atoms with van der Waals surface area (Å²) in [5.41, 5.74) is 5.10. The molecule has 0 radical (unpaired) electrons. The van der Waals surface area contributed by atoms with Gasteiger partial charge in [0.2, 0.25) is 0 Å². The average Bonchev–Trinajstić information content (AvgIpc) is 2.34. The first kappa shape index (κ1) is 17.9. The van der Waals surface area contributed by atoms with Crippen molar-refractivity contribution in [2.75, 3.05) is 32.1 Å². The Balaban J connectivity index is 2.78. The third-order valence-electron chi connectivity index (χ3n) is 3.02. The van der Waals surface area contributed by atoms with Crippen molar-refractivity contribution in [1.82, 2.24) is 4.90 Å². The molecule has 0 saturated carbocycles. The van der Waals surface area contributed by atoms with Crippen molar-refractivity contribution in [3.63, 3.8) is 0 Å². The van der Waals surface area contributed by atoms with Gasteiger partial charge in [-0.1, -0.05) is 18.2 Å². The molecule has 0 aliphatic carbocycles. The van der Waals surface area contributed by atoms with Gasteiger partial charge in [0, 0.05) is 25.4 Å². The van der Waals surface area contributed by atoms with E-state index in [1.807, 2.05) is 0 Å². The van der Waals surface area contributed by atoms with Crippen LogP contribution in [0.2, 0.25) is 0 Å². The molecule has 0 heterocycles. The first-order chi connectivity index (χ1) is 9.50. The van der Waals surface area contributed by atoms with Crippen LogP contribution in [0.1, 0.15) is 17.2 Å². The molecular formula is C13H19F3N2O2S. The third-order valence-corrected chi connectivity index (χ3v) is 3.94. The Labute approximate surface area is 122 Å². The van der Waals surface area contributed by atoms with Crippen LogP contribution in [0.15, 0.2) is 24.3 Å². The van der Waals surface area contributed by atoms with E-state index in [-0.39, 0.29) is 24.4 Å². The van der Waals surface area contributed by atoms with Crippen molar-refractivity contribution >= 4 is 9.84 Å². The van der Waals surface area contributed by atoms with Gasteiger partial charge in [-0.05, 0) is 18.7 Å². The van der Waals surface area contributed by atoms with Crippen molar-refractivity contribution < 1.29 is 21.6 Å². The fraction of sp³-hybridized carbons (Fsp3) is 0.538. The summed E-state index contributed by atoms with van der Waals surface area (Å²) < 4.78 is 60.8. The second-order valence-electron chi connectivity index (χ2n) is 5.08. The molecule has 1 aromatic carbocycles. The van der Waals surface area contributed by atoms with Crippen LogP contribution in [-0.4, -0.2) is 45.5 Å². The van der Waals surface area contributed by atoms with Crippen LogP contribution < -0.4 is 5.73 Å². The van der Waals surface area contributed by atoms with E-state index in [2.05, 4.69) is 0 Å². The monoisotopic (exact) mass is 324 g/mol. The number of rotatable bonds is 6. The first-order valence-electron chi connectivity index (χ1n) is 6.28. The van der Waals surface area contributed by atoms with Crippen molar-refractivity contribution in [2.45, 2.75) is 12.2 Å². The van der Waals surface area contributed by atoms with Crippen molar-refractivity contribution in [1.29, 1.82) is 0 Å². The number of sulfone groups is 1. The largest absolute Gasteiger partial charge is 0.416 e. The van der Waals surface area contributed by atoms with Crippen molar-refractivity contribution in [3.8, 4) is 0 Å². The van der Waals surface area contributed by atoms with E-state index in [4.69, 9.17) is 5.73 Å². The van der Waals surface area contributed by atoms with E-state index < -0.39 is 27.6 Å². The molecule has 120 valence electrons. The van der Waals surface area contributed by atoms with E-state index in [0.717, 1.165) is 12.3 Å². The lowest BCUT2D eigenvalue weighted by atomic mass is 10.00. The van der Waals surface area contributed by atoms with Crippen molar-refractivity contribution in [2.24, 2.45) is 5.73 Å². The average molecular weight is 324 g/mol. The maximum atomic E-state index is 12.9. The maximum Gasteiger partial charge on any atom is 0.416 e. The molecule has 1 atom stereocenters. The van der Waals surface area contributed by atoms with Gasteiger partial charge in [0.15, 0.2) is 0 Å². The summed E-state index contributed by atoms with van der Waals surface area (Å²) in [4.78, 5) is 1.61. The van der Waals surface area contributed by atoms with Gasteiger partial charge in [-0.25, -0.2) is 8.42 Å². The van der Waals surface area contributed by atoms with Gasteiger partial charge in [0.25, 0.3) is 0 Å². The van der Waals surface area contributed by atoms with E-state index in [0.29, 0.717) is 0 Å². The number of nitrogens with two attached hydrogens (primary N) is 1. The molecule has 21 heavy (non-hydrogen) atoms. The lowest BCUT2D eigenvalue weighted by Gasteiger charge is -2.23. The zero-order chi connectivity index (χ0) is 16.3. The minimum atomic E-state index is -4.46. The zero-order valence-electron chi connectivity index (χ0n) is 11.9. The highest BCUT2D eigenvalue weighted by Crippen LogP contribution is 2.34. The van der Waals surface area contributed by atoms with Gasteiger partial charge in [-0.2, -0.15) is 13.2 Å². The number of alkyl halides is 3. The summed E-state index contributed by atoms with van der Waals surface area (Å²) in [6.45, 7) is 0.364. The van der Waals surface area contributed by atoms with E-state index in [9.17, 15) is 21.6 Å². The zero-order valence-corrected chi connectivity index (χ0v) is 12.7. The van der Waals surface area contributed by atoms with E-state index in [1.54, 1.807) is 11.9 Å². The summed E-state index contributed by atoms with van der Waals surface area (Å²) in [5.74, 6) is -0.0584. The minimum absolute atomic E-state index is 0.0104. The number of hydrogen-bond acceptors (Lipinski definition) is 4. The molecule has 0 fully saturated rings. The molecule has 1 rings (SSSR count). The number of nitrogens with zero attached hydrogens (tertiary/aromatic N) is 1. The summed E-state index contributed by atoms with van der Waals surface area (Å²) >= 11 is 0. The lowest BCUT2D eigenvalue weighted by Crippen LogP contribution is -2.33. The highest BCUT2D eigenvalue weighted by Gasteiger charge is 2.34. The van der Waals surface area contributed by atoms with E-state index >= 15 is 0 Å². The lowest BCUT2D eigenvalue weighted by molar-refractivity contribution is -0.138. The highest BCUT2D eigenvalue weighted by atomic mass is 32.2. The smallest absolute Gasteiger partial charge is 0.323 e. The molecule has 4 nitrogen and oxygen atoms in total. The van der Waals surface area contributed by atoms with Gasteiger partial charge in [0.1, 0.15) is 9.84 Å². The van der Waals surface area contributed by atoms with Crippen LogP contribution in [0, 0.1) is 0 Å². The van der Waals surface area contributed by atoms with Crippen molar-refractivity contribution in [3.05, 3.63) is 35.4 Å². The molecule has 0 bridgehead atoms. The molecule has 0 spiro atoms. The number of benzene rings is 1. The van der Waals surface area contributed by atoms with Crippen LogP contribution in [-0.2, 0) is 16.0 Å². The highest BCUT2D eigenvalue weighted by molar-refractivity contribution is 7.90. The van der Waals surface area contributed by atoms with Crippen LogP contribution in [0.25, 0.3) is 0 Å². The summed E-state index contributed by atoms with van der Waals surface area (Å²) in [6.07, 6.45) is -3.35. The Kier molecular flexibility index (Phi) is 5.77. The Morgan fingerprint density at radius 3 is 2.38 bits per heavy atom. The Morgan fingerprint density at radius 1 is 1.29 bits per heavy atom. The summed E-state index contributed by atoms with van der Waals surface area (Å²) in [7, 11) is -1.49.